The highest BCUT2D eigenvalue weighted by molar-refractivity contribution is 4.97. The van der Waals surface area contributed by atoms with Gasteiger partial charge >= 0.3 is 0 Å². The van der Waals surface area contributed by atoms with Gasteiger partial charge in [0, 0.05) is 18.6 Å². The molecule has 0 amide bonds. The Kier molecular flexibility index (Phi) is 4.10. The molecule has 0 radical (unpaired) electrons. The monoisotopic (exact) mass is 266 g/mol. The number of piperidine rings is 1. The molecule has 0 aromatic carbocycles. The molecule has 0 spiro atoms. The fourth-order valence-electron chi connectivity index (χ4n) is 2.83. The van der Waals surface area contributed by atoms with Crippen LogP contribution in [0.15, 0.2) is 4.52 Å². The summed E-state index contributed by atoms with van der Waals surface area (Å²) >= 11 is 0. The van der Waals surface area contributed by atoms with E-state index in [0.29, 0.717) is 12.0 Å². The zero-order valence-corrected chi connectivity index (χ0v) is 11.5. The molecule has 6 nitrogen and oxygen atoms in total. The second kappa shape index (κ2) is 5.98. The predicted octanol–water partition coefficient (Wildman–Crippen LogP) is 0.757. The maximum absolute atomic E-state index is 5.36. The third-order valence-corrected chi connectivity index (χ3v) is 4.10. The standard InChI is InChI=1S/C13H22N4O2/c1-17(11-2-5-14-6-3-11)8-12-15-13(16-19-12)10-4-7-18-9-10/h10-11,14H,2-9H2,1H3/t10-/m1/s1. The number of hydrogen-bond acceptors (Lipinski definition) is 6. The van der Waals surface area contributed by atoms with Gasteiger partial charge in [-0.05, 0) is 39.4 Å². The Morgan fingerprint density at radius 3 is 2.89 bits per heavy atom. The third kappa shape index (κ3) is 3.13. The van der Waals surface area contributed by atoms with Gasteiger partial charge in [0.05, 0.1) is 13.2 Å². The number of hydrogen-bond donors (Lipinski definition) is 1. The zero-order valence-electron chi connectivity index (χ0n) is 11.5. The highest BCUT2D eigenvalue weighted by Gasteiger charge is 2.24. The largest absolute Gasteiger partial charge is 0.381 e. The first-order valence-electron chi connectivity index (χ1n) is 7.14. The highest BCUT2D eigenvalue weighted by Crippen LogP contribution is 2.23. The molecule has 2 aliphatic heterocycles. The first-order chi connectivity index (χ1) is 9.33. The second-order valence-electron chi connectivity index (χ2n) is 5.50. The molecule has 3 heterocycles. The molecule has 0 unspecified atom stereocenters. The van der Waals surface area contributed by atoms with Crippen LogP contribution in [0.5, 0.6) is 0 Å². The van der Waals surface area contributed by atoms with E-state index < -0.39 is 0 Å². The average Bonchev–Trinajstić information content (AvgIpc) is 3.10. The Hall–Kier alpha value is -0.980. The van der Waals surface area contributed by atoms with Crippen molar-refractivity contribution in [2.75, 3.05) is 33.4 Å². The van der Waals surface area contributed by atoms with Crippen LogP contribution in [-0.4, -0.2) is 54.4 Å². The molecule has 2 aliphatic rings. The average molecular weight is 266 g/mol. The van der Waals surface area contributed by atoms with Crippen LogP contribution in [0.2, 0.25) is 0 Å². The number of nitrogens with zero attached hydrogens (tertiary/aromatic N) is 3. The summed E-state index contributed by atoms with van der Waals surface area (Å²) in [6, 6.07) is 0.617. The van der Waals surface area contributed by atoms with E-state index >= 15 is 0 Å². The molecule has 1 N–H and O–H groups in total. The molecule has 1 aromatic heterocycles. The SMILES string of the molecule is CN(Cc1nc([C@@H]2CCOC2)no1)C1CCNCC1. The Morgan fingerprint density at radius 1 is 1.32 bits per heavy atom. The topological polar surface area (TPSA) is 63.4 Å². The highest BCUT2D eigenvalue weighted by atomic mass is 16.5. The predicted molar refractivity (Wildman–Crippen MR) is 69.8 cm³/mol. The first kappa shape index (κ1) is 13.0. The van der Waals surface area contributed by atoms with Gasteiger partial charge in [0.2, 0.25) is 5.89 Å². The van der Waals surface area contributed by atoms with E-state index in [-0.39, 0.29) is 0 Å². The van der Waals surface area contributed by atoms with E-state index in [4.69, 9.17) is 9.26 Å². The summed E-state index contributed by atoms with van der Waals surface area (Å²) < 4.78 is 10.7. The molecule has 106 valence electrons. The van der Waals surface area contributed by atoms with Crippen molar-refractivity contribution in [2.24, 2.45) is 0 Å². The fourth-order valence-corrected chi connectivity index (χ4v) is 2.83. The van der Waals surface area contributed by atoms with Crippen molar-refractivity contribution in [1.29, 1.82) is 0 Å². The van der Waals surface area contributed by atoms with E-state index in [0.717, 1.165) is 51.0 Å². The van der Waals surface area contributed by atoms with Crippen LogP contribution < -0.4 is 5.32 Å². The minimum Gasteiger partial charge on any atom is -0.381 e. The van der Waals surface area contributed by atoms with E-state index in [1.165, 1.54) is 12.8 Å². The summed E-state index contributed by atoms with van der Waals surface area (Å²) in [5, 5.41) is 7.47. The van der Waals surface area contributed by atoms with E-state index in [2.05, 4.69) is 27.4 Å². The summed E-state index contributed by atoms with van der Waals surface area (Å²) in [6.45, 7) is 4.48. The molecule has 1 atom stereocenters. The lowest BCUT2D eigenvalue weighted by molar-refractivity contribution is 0.170. The van der Waals surface area contributed by atoms with E-state index in [9.17, 15) is 0 Å². The van der Waals surface area contributed by atoms with Crippen LogP contribution in [0.3, 0.4) is 0 Å². The molecular formula is C13H22N4O2. The van der Waals surface area contributed by atoms with Crippen LogP contribution in [-0.2, 0) is 11.3 Å². The summed E-state index contributed by atoms with van der Waals surface area (Å²) in [5.41, 5.74) is 0. The van der Waals surface area contributed by atoms with Gasteiger partial charge < -0.3 is 14.6 Å². The normalized spacial score (nSPS) is 25.3. The van der Waals surface area contributed by atoms with Gasteiger partial charge in [-0.1, -0.05) is 5.16 Å². The summed E-state index contributed by atoms with van der Waals surface area (Å²) in [7, 11) is 2.14. The zero-order chi connectivity index (χ0) is 13.1. The van der Waals surface area contributed by atoms with Crippen LogP contribution in [0.25, 0.3) is 0 Å². The maximum Gasteiger partial charge on any atom is 0.240 e. The summed E-state index contributed by atoms with van der Waals surface area (Å²) in [4.78, 5) is 6.83. The molecule has 2 fully saturated rings. The van der Waals surface area contributed by atoms with Crippen LogP contribution in [0.1, 0.15) is 36.9 Å². The van der Waals surface area contributed by atoms with E-state index in [1.54, 1.807) is 0 Å². The number of aromatic nitrogens is 2. The smallest absolute Gasteiger partial charge is 0.240 e. The maximum atomic E-state index is 5.36. The van der Waals surface area contributed by atoms with Crippen molar-refractivity contribution >= 4 is 0 Å². The molecule has 19 heavy (non-hydrogen) atoms. The lowest BCUT2D eigenvalue weighted by Crippen LogP contribution is -2.40. The molecule has 3 rings (SSSR count). The van der Waals surface area contributed by atoms with Crippen LogP contribution >= 0.6 is 0 Å². The van der Waals surface area contributed by atoms with Crippen molar-refractivity contribution in [3.63, 3.8) is 0 Å². The third-order valence-electron chi connectivity index (χ3n) is 4.10. The van der Waals surface area contributed by atoms with Crippen LogP contribution in [0.4, 0.5) is 0 Å². The van der Waals surface area contributed by atoms with Crippen molar-refractivity contribution in [3.05, 3.63) is 11.7 Å². The molecule has 0 bridgehead atoms. The van der Waals surface area contributed by atoms with Crippen molar-refractivity contribution in [1.82, 2.24) is 20.4 Å². The summed E-state index contributed by atoms with van der Waals surface area (Å²) in [6.07, 6.45) is 3.38. The number of rotatable bonds is 4. The van der Waals surface area contributed by atoms with Gasteiger partial charge in [-0.25, -0.2) is 0 Å². The Labute approximate surface area is 113 Å². The number of ether oxygens (including phenoxy) is 1. The minimum atomic E-state index is 0.321. The molecule has 1 aromatic rings. The second-order valence-corrected chi connectivity index (χ2v) is 5.50. The van der Waals surface area contributed by atoms with Crippen LogP contribution in [0, 0.1) is 0 Å². The molecule has 6 heteroatoms. The fraction of sp³-hybridized carbons (Fsp3) is 0.846. The Bertz CT molecular complexity index is 397. The van der Waals surface area contributed by atoms with Gasteiger partial charge in [-0.2, -0.15) is 4.98 Å². The van der Waals surface area contributed by atoms with Crippen molar-refractivity contribution in [3.8, 4) is 0 Å². The number of nitrogens with one attached hydrogen (secondary N) is 1. The molecule has 0 aliphatic carbocycles. The minimum absolute atomic E-state index is 0.321. The van der Waals surface area contributed by atoms with Gasteiger partial charge in [-0.15, -0.1) is 0 Å². The molecular weight excluding hydrogens is 244 g/mol. The lowest BCUT2D eigenvalue weighted by Gasteiger charge is -2.30. The van der Waals surface area contributed by atoms with Gasteiger partial charge in [0.15, 0.2) is 5.82 Å². The van der Waals surface area contributed by atoms with Gasteiger partial charge in [0.1, 0.15) is 0 Å². The van der Waals surface area contributed by atoms with Crippen molar-refractivity contribution in [2.45, 2.75) is 37.8 Å². The first-order valence-corrected chi connectivity index (χ1v) is 7.14. The molecule has 0 saturated carbocycles. The lowest BCUT2D eigenvalue weighted by atomic mass is 10.1. The van der Waals surface area contributed by atoms with Gasteiger partial charge in [0.25, 0.3) is 0 Å². The van der Waals surface area contributed by atoms with E-state index in [1.807, 2.05) is 0 Å². The summed E-state index contributed by atoms with van der Waals surface area (Å²) in [5.74, 6) is 1.86. The molecule has 2 saturated heterocycles. The van der Waals surface area contributed by atoms with Crippen molar-refractivity contribution < 1.29 is 9.26 Å². The van der Waals surface area contributed by atoms with Gasteiger partial charge in [-0.3, -0.25) is 4.90 Å². The Morgan fingerprint density at radius 2 is 2.16 bits per heavy atom. The Balaban J connectivity index is 1.56. The quantitative estimate of drug-likeness (QED) is 0.868.